The van der Waals surface area contributed by atoms with Gasteiger partial charge in [0.05, 0.1) is 12.4 Å². The highest BCUT2D eigenvalue weighted by molar-refractivity contribution is 7.86. The molecule has 0 aliphatic heterocycles. The van der Waals surface area contributed by atoms with Crippen molar-refractivity contribution in [2.24, 2.45) is 5.73 Å². The van der Waals surface area contributed by atoms with E-state index >= 15 is 0 Å². The van der Waals surface area contributed by atoms with Gasteiger partial charge in [0.15, 0.2) is 0 Å². The molecule has 0 rings (SSSR count). The Kier molecular flexibility index (Phi) is 6.27. The summed E-state index contributed by atoms with van der Waals surface area (Å²) in [5.41, 5.74) is 5.19. The van der Waals surface area contributed by atoms with Gasteiger partial charge < -0.3 is 11.1 Å². The smallest absolute Gasteiger partial charge is 0.268 e. The fourth-order valence-corrected chi connectivity index (χ4v) is 1.53. The molecule has 0 saturated heterocycles. The van der Waals surface area contributed by atoms with Crippen LogP contribution in [0.5, 0.6) is 0 Å². The first-order valence-electron chi connectivity index (χ1n) is 3.90. The molecule has 0 spiro atoms. The molecule has 0 aromatic carbocycles. The van der Waals surface area contributed by atoms with Crippen molar-refractivity contribution in [3.63, 3.8) is 0 Å². The van der Waals surface area contributed by atoms with Gasteiger partial charge >= 0.3 is 0 Å². The third kappa shape index (κ3) is 6.53. The van der Waals surface area contributed by atoms with E-state index in [0.29, 0.717) is 19.6 Å². The quantitative estimate of drug-likeness (QED) is 0.399. The maximum absolute atomic E-state index is 10.9. The second-order valence-corrected chi connectivity index (χ2v) is 3.97. The lowest BCUT2D eigenvalue weighted by Gasteiger charge is -2.03. The second kappa shape index (κ2) is 6.36. The Morgan fingerprint density at radius 3 is 2.58 bits per heavy atom. The molecule has 5 nitrogen and oxygen atoms in total. The molecule has 0 aliphatic rings. The van der Waals surface area contributed by atoms with Crippen LogP contribution in [0.1, 0.15) is 6.92 Å². The predicted octanol–water partition coefficient (Wildman–Crippen LogP) is -1.10. The van der Waals surface area contributed by atoms with Gasteiger partial charge in [-0.15, -0.1) is 0 Å². The van der Waals surface area contributed by atoms with Crippen LogP contribution in [-0.4, -0.2) is 40.4 Å². The van der Waals surface area contributed by atoms with Crippen molar-refractivity contribution in [2.45, 2.75) is 6.92 Å². The average molecular weight is 196 g/mol. The van der Waals surface area contributed by atoms with E-state index in [-0.39, 0.29) is 12.4 Å². The van der Waals surface area contributed by atoms with Gasteiger partial charge in [-0.1, -0.05) is 0 Å². The van der Waals surface area contributed by atoms with E-state index in [1.807, 2.05) is 0 Å². The zero-order valence-electron chi connectivity index (χ0n) is 7.25. The van der Waals surface area contributed by atoms with E-state index < -0.39 is 10.1 Å². The lowest BCUT2D eigenvalue weighted by Crippen LogP contribution is -2.28. The van der Waals surface area contributed by atoms with Crippen molar-refractivity contribution in [3.8, 4) is 0 Å². The summed E-state index contributed by atoms with van der Waals surface area (Å²) in [6, 6.07) is 0. The summed E-state index contributed by atoms with van der Waals surface area (Å²) >= 11 is 0. The molecular formula is C6H16N2O3S. The van der Waals surface area contributed by atoms with E-state index in [4.69, 9.17) is 5.73 Å². The van der Waals surface area contributed by atoms with Gasteiger partial charge in [0.25, 0.3) is 10.1 Å². The SMILES string of the molecule is CCOS(=O)(=O)CCNCCN. The first-order chi connectivity index (χ1) is 5.62. The molecule has 0 heterocycles. The zero-order chi connectivity index (χ0) is 9.45. The van der Waals surface area contributed by atoms with Crippen molar-refractivity contribution < 1.29 is 12.6 Å². The van der Waals surface area contributed by atoms with Crippen LogP contribution in [0.25, 0.3) is 0 Å². The highest BCUT2D eigenvalue weighted by Crippen LogP contribution is 1.90. The molecule has 6 heteroatoms. The fourth-order valence-electron chi connectivity index (χ4n) is 0.663. The van der Waals surface area contributed by atoms with Gasteiger partial charge in [0.2, 0.25) is 0 Å². The standard InChI is InChI=1S/C6H16N2O3S/c1-2-11-12(9,10)6-5-8-4-3-7/h8H,2-7H2,1H3. The van der Waals surface area contributed by atoms with Gasteiger partial charge in [0.1, 0.15) is 0 Å². The van der Waals surface area contributed by atoms with E-state index in [1.54, 1.807) is 6.92 Å². The molecule has 0 aromatic rings. The van der Waals surface area contributed by atoms with Gasteiger partial charge in [-0.2, -0.15) is 8.42 Å². The van der Waals surface area contributed by atoms with E-state index in [9.17, 15) is 8.42 Å². The number of nitrogens with one attached hydrogen (secondary N) is 1. The van der Waals surface area contributed by atoms with Crippen LogP contribution in [-0.2, 0) is 14.3 Å². The third-order valence-corrected chi connectivity index (χ3v) is 2.45. The van der Waals surface area contributed by atoms with Crippen LogP contribution in [0, 0.1) is 0 Å². The summed E-state index contributed by atoms with van der Waals surface area (Å²) in [7, 11) is -3.32. The minimum Gasteiger partial charge on any atom is -0.329 e. The maximum Gasteiger partial charge on any atom is 0.268 e. The molecule has 74 valence electrons. The Bertz CT molecular complexity index is 191. The van der Waals surface area contributed by atoms with Gasteiger partial charge in [-0.25, -0.2) is 0 Å². The van der Waals surface area contributed by atoms with E-state index in [0.717, 1.165) is 0 Å². The van der Waals surface area contributed by atoms with Crippen molar-refractivity contribution in [2.75, 3.05) is 32.0 Å². The fraction of sp³-hybridized carbons (Fsp3) is 1.00. The summed E-state index contributed by atoms with van der Waals surface area (Å²) in [5.74, 6) is 0.000833. The first kappa shape index (κ1) is 11.8. The highest BCUT2D eigenvalue weighted by atomic mass is 32.2. The Labute approximate surface area is 73.4 Å². The topological polar surface area (TPSA) is 81.4 Å². The molecule has 0 unspecified atom stereocenters. The van der Waals surface area contributed by atoms with Crippen molar-refractivity contribution >= 4 is 10.1 Å². The van der Waals surface area contributed by atoms with Crippen molar-refractivity contribution in [1.82, 2.24) is 5.32 Å². The molecule has 0 bridgehead atoms. The minimum atomic E-state index is -3.32. The van der Waals surface area contributed by atoms with Gasteiger partial charge in [-0.3, -0.25) is 4.18 Å². The summed E-state index contributed by atoms with van der Waals surface area (Å²) in [5, 5.41) is 2.87. The lowest BCUT2D eigenvalue weighted by molar-refractivity contribution is 0.337. The first-order valence-corrected chi connectivity index (χ1v) is 5.48. The van der Waals surface area contributed by atoms with Crippen LogP contribution in [0.4, 0.5) is 0 Å². The number of hydrogen-bond acceptors (Lipinski definition) is 5. The zero-order valence-corrected chi connectivity index (χ0v) is 8.06. The minimum absolute atomic E-state index is 0.000833. The normalized spacial score (nSPS) is 11.8. The Hall–Kier alpha value is -0.170. The summed E-state index contributed by atoms with van der Waals surface area (Å²) in [6.45, 7) is 3.36. The molecule has 12 heavy (non-hydrogen) atoms. The molecule has 0 fully saturated rings. The Morgan fingerprint density at radius 2 is 2.08 bits per heavy atom. The molecule has 0 radical (unpaired) electrons. The van der Waals surface area contributed by atoms with Crippen LogP contribution in [0.3, 0.4) is 0 Å². The van der Waals surface area contributed by atoms with Crippen LogP contribution in [0.2, 0.25) is 0 Å². The van der Waals surface area contributed by atoms with Gasteiger partial charge in [0, 0.05) is 19.6 Å². The predicted molar refractivity (Wildman–Crippen MR) is 47.3 cm³/mol. The molecule has 0 saturated carbocycles. The largest absolute Gasteiger partial charge is 0.329 e. The molecule has 0 amide bonds. The molecule has 3 N–H and O–H groups in total. The van der Waals surface area contributed by atoms with Crippen LogP contribution < -0.4 is 11.1 Å². The molecule has 0 aliphatic carbocycles. The van der Waals surface area contributed by atoms with Crippen LogP contribution >= 0.6 is 0 Å². The number of nitrogens with two attached hydrogens (primary N) is 1. The lowest BCUT2D eigenvalue weighted by atomic mass is 10.6. The Morgan fingerprint density at radius 1 is 1.42 bits per heavy atom. The summed E-state index contributed by atoms with van der Waals surface area (Å²) in [6.07, 6.45) is 0. The molecule has 0 aromatic heterocycles. The monoisotopic (exact) mass is 196 g/mol. The molecule has 0 atom stereocenters. The van der Waals surface area contributed by atoms with Crippen molar-refractivity contribution in [1.29, 1.82) is 0 Å². The van der Waals surface area contributed by atoms with E-state index in [2.05, 4.69) is 9.50 Å². The van der Waals surface area contributed by atoms with Crippen LogP contribution in [0.15, 0.2) is 0 Å². The van der Waals surface area contributed by atoms with Gasteiger partial charge in [-0.05, 0) is 6.92 Å². The third-order valence-electron chi connectivity index (χ3n) is 1.15. The maximum atomic E-state index is 10.9. The number of hydrogen-bond donors (Lipinski definition) is 2. The highest BCUT2D eigenvalue weighted by Gasteiger charge is 2.08. The van der Waals surface area contributed by atoms with Crippen molar-refractivity contribution in [3.05, 3.63) is 0 Å². The number of rotatable bonds is 7. The summed E-state index contributed by atoms with van der Waals surface area (Å²) < 4.78 is 26.3. The second-order valence-electron chi connectivity index (χ2n) is 2.21. The summed E-state index contributed by atoms with van der Waals surface area (Å²) in [4.78, 5) is 0. The average Bonchev–Trinajstić information content (AvgIpc) is 1.98. The molecular weight excluding hydrogens is 180 g/mol. The Balaban J connectivity index is 3.48. The van der Waals surface area contributed by atoms with E-state index in [1.165, 1.54) is 0 Å².